The summed E-state index contributed by atoms with van der Waals surface area (Å²) in [7, 11) is 0. The smallest absolute Gasteiger partial charge is 0.163 e. The van der Waals surface area contributed by atoms with E-state index < -0.39 is 0 Å². The minimum absolute atomic E-state index is 0.346. The summed E-state index contributed by atoms with van der Waals surface area (Å²) in [5.41, 5.74) is 10.3. The van der Waals surface area contributed by atoms with Gasteiger partial charge in [-0.3, -0.25) is 0 Å². The number of nitrogens with two attached hydrogens (primary N) is 2. The molecule has 4 heteroatoms. The molecule has 0 aromatic carbocycles. The molecule has 0 heterocycles. The van der Waals surface area contributed by atoms with Crippen molar-refractivity contribution < 1.29 is 0 Å². The summed E-state index contributed by atoms with van der Waals surface area (Å²) in [4.78, 5) is 0. The lowest BCUT2D eigenvalue weighted by Gasteiger charge is -1.99. The molecule has 0 unspecified atom stereocenters. The number of hydrogen-bond acceptors (Lipinski definition) is 2. The fourth-order valence-corrected chi connectivity index (χ4v) is 0.416. The Morgan fingerprint density at radius 2 is 2.25 bits per heavy atom. The molecule has 0 spiro atoms. The van der Waals surface area contributed by atoms with Crippen LogP contribution in [0, 0.1) is 0 Å². The van der Waals surface area contributed by atoms with Gasteiger partial charge in [-0.1, -0.05) is 0 Å². The quantitative estimate of drug-likeness (QED) is 0.347. The van der Waals surface area contributed by atoms with Gasteiger partial charge < -0.3 is 16.8 Å². The van der Waals surface area contributed by atoms with Crippen molar-refractivity contribution in [3.63, 3.8) is 0 Å². The second-order valence-corrected chi connectivity index (χ2v) is 1.87. The largest absolute Gasteiger partial charge is 0.376 e. The fraction of sp³-hybridized carbons (Fsp3) is 0.750. The maximum absolute atomic E-state index is 5.19. The van der Waals surface area contributed by atoms with E-state index in [2.05, 4.69) is 17.5 Å². The zero-order chi connectivity index (χ0) is 6.41. The molecule has 0 saturated carbocycles. The number of nitrogens with one attached hydrogen (secondary N) is 1. The van der Waals surface area contributed by atoms with Gasteiger partial charge in [0.15, 0.2) is 5.11 Å². The van der Waals surface area contributed by atoms with Gasteiger partial charge in [-0.25, -0.2) is 0 Å². The topological polar surface area (TPSA) is 64.1 Å². The van der Waals surface area contributed by atoms with Crippen molar-refractivity contribution in [2.24, 2.45) is 11.5 Å². The summed E-state index contributed by atoms with van der Waals surface area (Å²) in [6.07, 6.45) is 0.914. The van der Waals surface area contributed by atoms with E-state index in [-0.39, 0.29) is 0 Å². The van der Waals surface area contributed by atoms with E-state index in [1.165, 1.54) is 0 Å². The monoisotopic (exact) mass is 133 g/mol. The molecular weight excluding hydrogens is 122 g/mol. The lowest BCUT2D eigenvalue weighted by Crippen LogP contribution is -2.30. The van der Waals surface area contributed by atoms with Gasteiger partial charge in [0.25, 0.3) is 0 Å². The van der Waals surface area contributed by atoms with E-state index in [4.69, 9.17) is 11.5 Å². The second kappa shape index (κ2) is 4.80. The van der Waals surface area contributed by atoms with Gasteiger partial charge in [0.05, 0.1) is 0 Å². The molecule has 0 fully saturated rings. The molecule has 0 aliphatic carbocycles. The molecule has 0 aromatic heterocycles. The van der Waals surface area contributed by atoms with Crippen LogP contribution in [0.2, 0.25) is 0 Å². The van der Waals surface area contributed by atoms with Crippen LogP contribution in [0.5, 0.6) is 0 Å². The molecule has 3 nitrogen and oxygen atoms in total. The Morgan fingerprint density at radius 3 is 2.62 bits per heavy atom. The number of thiocarbonyl (C=S) groups is 1. The molecule has 5 N–H and O–H groups in total. The van der Waals surface area contributed by atoms with Crippen LogP contribution < -0.4 is 16.8 Å². The molecule has 8 heavy (non-hydrogen) atoms. The van der Waals surface area contributed by atoms with Crippen molar-refractivity contribution in [2.45, 2.75) is 6.42 Å². The van der Waals surface area contributed by atoms with Crippen LogP contribution in [-0.4, -0.2) is 18.2 Å². The van der Waals surface area contributed by atoms with Crippen molar-refractivity contribution in [1.82, 2.24) is 5.32 Å². The standard InChI is InChI=1S/C4H11N3S/c5-2-1-3-7-4(6)8/h1-3,5H2,(H3,6,7,8). The maximum Gasteiger partial charge on any atom is 0.163 e. The van der Waals surface area contributed by atoms with Crippen molar-refractivity contribution in [3.05, 3.63) is 0 Å². The van der Waals surface area contributed by atoms with Gasteiger partial charge in [-0.15, -0.1) is 0 Å². The third-order valence-electron chi connectivity index (χ3n) is 0.680. The SMILES string of the molecule is NCCCNC(N)=S. The molecule has 0 aliphatic heterocycles. The van der Waals surface area contributed by atoms with Crippen LogP contribution >= 0.6 is 12.2 Å². The van der Waals surface area contributed by atoms with Gasteiger partial charge in [0.1, 0.15) is 0 Å². The first-order valence-electron chi connectivity index (χ1n) is 2.50. The van der Waals surface area contributed by atoms with Crippen LogP contribution in [0.3, 0.4) is 0 Å². The molecular formula is C4H11N3S. The zero-order valence-electron chi connectivity index (χ0n) is 4.68. The Labute approximate surface area is 54.4 Å². The van der Waals surface area contributed by atoms with Gasteiger partial charge in [0, 0.05) is 6.54 Å². The summed E-state index contributed by atoms with van der Waals surface area (Å²) in [6, 6.07) is 0. The molecule has 0 saturated heterocycles. The molecule has 0 aliphatic rings. The Kier molecular flexibility index (Phi) is 4.59. The summed E-state index contributed by atoms with van der Waals surface area (Å²) in [5.74, 6) is 0. The minimum atomic E-state index is 0.346. The van der Waals surface area contributed by atoms with E-state index >= 15 is 0 Å². The molecule has 0 atom stereocenters. The van der Waals surface area contributed by atoms with E-state index in [9.17, 15) is 0 Å². The Balaban J connectivity index is 2.82. The number of rotatable bonds is 3. The maximum atomic E-state index is 5.19. The highest BCUT2D eigenvalue weighted by Gasteiger charge is 1.82. The molecule has 0 bridgehead atoms. The first-order valence-corrected chi connectivity index (χ1v) is 2.91. The van der Waals surface area contributed by atoms with Gasteiger partial charge in [-0.2, -0.15) is 0 Å². The normalized spacial score (nSPS) is 8.62. The van der Waals surface area contributed by atoms with Crippen LogP contribution in [0.25, 0.3) is 0 Å². The Morgan fingerprint density at radius 1 is 1.62 bits per heavy atom. The van der Waals surface area contributed by atoms with Crippen molar-refractivity contribution >= 4 is 17.3 Å². The van der Waals surface area contributed by atoms with E-state index in [0.717, 1.165) is 13.0 Å². The highest BCUT2D eigenvalue weighted by atomic mass is 32.1. The molecule has 0 radical (unpaired) electrons. The zero-order valence-corrected chi connectivity index (χ0v) is 5.50. The Hall–Kier alpha value is -0.350. The van der Waals surface area contributed by atoms with Crippen molar-refractivity contribution in [1.29, 1.82) is 0 Å². The fourth-order valence-electron chi connectivity index (χ4n) is 0.314. The van der Waals surface area contributed by atoms with E-state index in [1.54, 1.807) is 0 Å². The van der Waals surface area contributed by atoms with Crippen LogP contribution in [0.1, 0.15) is 6.42 Å². The minimum Gasteiger partial charge on any atom is -0.376 e. The van der Waals surface area contributed by atoms with Crippen molar-refractivity contribution in [3.8, 4) is 0 Å². The van der Waals surface area contributed by atoms with Crippen LogP contribution in [0.15, 0.2) is 0 Å². The summed E-state index contributed by atoms with van der Waals surface area (Å²) in [6.45, 7) is 1.46. The van der Waals surface area contributed by atoms with Gasteiger partial charge in [-0.05, 0) is 25.2 Å². The van der Waals surface area contributed by atoms with Crippen LogP contribution in [0.4, 0.5) is 0 Å². The molecule has 0 amide bonds. The summed E-state index contributed by atoms with van der Waals surface area (Å²) >= 11 is 4.53. The Bertz CT molecular complexity index is 73.7. The highest BCUT2D eigenvalue weighted by molar-refractivity contribution is 7.80. The third-order valence-corrected chi connectivity index (χ3v) is 0.824. The van der Waals surface area contributed by atoms with E-state index in [1.807, 2.05) is 0 Å². The first kappa shape index (κ1) is 7.65. The average molecular weight is 133 g/mol. The van der Waals surface area contributed by atoms with Crippen molar-refractivity contribution in [2.75, 3.05) is 13.1 Å². The first-order chi connectivity index (χ1) is 3.77. The number of hydrogen-bond donors (Lipinski definition) is 3. The highest BCUT2D eigenvalue weighted by Crippen LogP contribution is 1.67. The predicted octanol–water partition coefficient (Wildman–Crippen LogP) is -0.832. The summed E-state index contributed by atoms with van der Waals surface area (Å²) in [5, 5.41) is 3.12. The van der Waals surface area contributed by atoms with Gasteiger partial charge in [0.2, 0.25) is 0 Å². The van der Waals surface area contributed by atoms with Gasteiger partial charge >= 0.3 is 0 Å². The average Bonchev–Trinajstić information content (AvgIpc) is 1.66. The molecule has 0 rings (SSSR count). The van der Waals surface area contributed by atoms with Crippen LogP contribution in [-0.2, 0) is 0 Å². The lowest BCUT2D eigenvalue weighted by molar-refractivity contribution is 0.786. The predicted molar refractivity (Wildman–Crippen MR) is 38.5 cm³/mol. The van der Waals surface area contributed by atoms with E-state index in [0.29, 0.717) is 11.7 Å². The molecule has 48 valence electrons. The lowest BCUT2D eigenvalue weighted by atomic mass is 10.4. The third kappa shape index (κ3) is 5.65. The second-order valence-electron chi connectivity index (χ2n) is 1.43. The molecule has 0 aromatic rings. The summed E-state index contributed by atoms with van der Waals surface area (Å²) < 4.78 is 0.